The third kappa shape index (κ3) is 4.06. The molecule has 1 aliphatic rings. The molecule has 1 atom stereocenters. The molecule has 0 bridgehead atoms. The lowest BCUT2D eigenvalue weighted by Gasteiger charge is -2.30. The third-order valence-electron chi connectivity index (χ3n) is 4.17. The van der Waals surface area contributed by atoms with E-state index in [9.17, 15) is 5.11 Å². The lowest BCUT2D eigenvalue weighted by molar-refractivity contribution is 0.157. The number of hydrogen-bond donors (Lipinski definition) is 2. The number of rotatable bonds is 8. The van der Waals surface area contributed by atoms with Crippen LogP contribution in [0.5, 0.6) is 0 Å². The van der Waals surface area contributed by atoms with Crippen LogP contribution in [-0.4, -0.2) is 23.8 Å². The topological polar surface area (TPSA) is 32.3 Å². The van der Waals surface area contributed by atoms with Gasteiger partial charge in [0.1, 0.15) is 0 Å². The van der Waals surface area contributed by atoms with Crippen LogP contribution in [0.1, 0.15) is 65.2 Å². The third-order valence-corrected chi connectivity index (χ3v) is 4.17. The average Bonchev–Trinajstić information content (AvgIpc) is 2.79. The largest absolute Gasteiger partial charge is 0.394 e. The Morgan fingerprint density at radius 1 is 1.25 bits per heavy atom. The van der Waals surface area contributed by atoms with Crippen molar-refractivity contribution in [2.75, 3.05) is 13.2 Å². The molecule has 2 nitrogen and oxygen atoms in total. The lowest BCUT2D eigenvalue weighted by atomic mass is 9.94. The van der Waals surface area contributed by atoms with Gasteiger partial charge in [0.05, 0.1) is 6.61 Å². The number of unbranched alkanes of at least 4 members (excludes halogenated alkanes) is 1. The molecule has 0 aromatic rings. The number of aliphatic hydroxyl groups excluding tert-OH is 1. The predicted octanol–water partition coefficient (Wildman–Crippen LogP) is 3.10. The van der Waals surface area contributed by atoms with Crippen LogP contribution in [0.15, 0.2) is 0 Å². The summed E-state index contributed by atoms with van der Waals surface area (Å²) in [5.74, 6) is 0.795. The van der Waals surface area contributed by atoms with Crippen LogP contribution in [0.4, 0.5) is 0 Å². The zero-order valence-electron chi connectivity index (χ0n) is 11.1. The quantitative estimate of drug-likeness (QED) is 0.668. The molecule has 0 saturated heterocycles. The molecule has 0 aliphatic heterocycles. The summed E-state index contributed by atoms with van der Waals surface area (Å²) in [5, 5.41) is 13.2. The van der Waals surface area contributed by atoms with Gasteiger partial charge in [-0.25, -0.2) is 0 Å². The first-order valence-electron chi connectivity index (χ1n) is 7.12. The maximum Gasteiger partial charge on any atom is 0.0613 e. The molecule has 0 aromatic heterocycles. The van der Waals surface area contributed by atoms with E-state index in [1.807, 2.05) is 0 Å². The SMILES string of the molecule is CCCCC(CC)CNC1(CO)CCCC1. The van der Waals surface area contributed by atoms with Crippen LogP contribution in [0, 0.1) is 5.92 Å². The first-order valence-corrected chi connectivity index (χ1v) is 7.12. The molecule has 16 heavy (non-hydrogen) atoms. The van der Waals surface area contributed by atoms with Gasteiger partial charge in [0, 0.05) is 5.54 Å². The molecular formula is C14H29NO. The number of aliphatic hydroxyl groups is 1. The van der Waals surface area contributed by atoms with Crippen molar-refractivity contribution in [2.45, 2.75) is 70.8 Å². The molecule has 0 spiro atoms. The van der Waals surface area contributed by atoms with E-state index in [0.717, 1.165) is 25.3 Å². The molecule has 0 aromatic carbocycles. The van der Waals surface area contributed by atoms with Crippen molar-refractivity contribution in [3.05, 3.63) is 0 Å². The van der Waals surface area contributed by atoms with Crippen LogP contribution in [0.2, 0.25) is 0 Å². The van der Waals surface area contributed by atoms with Crippen molar-refractivity contribution in [3.63, 3.8) is 0 Å². The molecule has 1 aliphatic carbocycles. The Hall–Kier alpha value is -0.0800. The molecule has 1 rings (SSSR count). The van der Waals surface area contributed by atoms with Gasteiger partial charge in [0.25, 0.3) is 0 Å². The molecule has 2 N–H and O–H groups in total. The van der Waals surface area contributed by atoms with Crippen LogP contribution in [-0.2, 0) is 0 Å². The highest BCUT2D eigenvalue weighted by atomic mass is 16.3. The molecule has 1 unspecified atom stereocenters. The average molecular weight is 227 g/mol. The zero-order valence-corrected chi connectivity index (χ0v) is 11.1. The predicted molar refractivity (Wildman–Crippen MR) is 69.6 cm³/mol. The number of nitrogens with one attached hydrogen (secondary N) is 1. The number of hydrogen-bond acceptors (Lipinski definition) is 2. The van der Waals surface area contributed by atoms with E-state index >= 15 is 0 Å². The van der Waals surface area contributed by atoms with E-state index in [1.165, 1.54) is 38.5 Å². The van der Waals surface area contributed by atoms with Crippen molar-refractivity contribution in [1.82, 2.24) is 5.32 Å². The Bertz CT molecular complexity index is 176. The summed E-state index contributed by atoms with van der Waals surface area (Å²) in [6, 6.07) is 0. The first-order chi connectivity index (χ1) is 7.76. The fourth-order valence-electron chi connectivity index (χ4n) is 2.75. The van der Waals surface area contributed by atoms with Crippen LogP contribution in [0.3, 0.4) is 0 Å². The summed E-state index contributed by atoms with van der Waals surface area (Å²) in [4.78, 5) is 0. The van der Waals surface area contributed by atoms with Gasteiger partial charge in [0.2, 0.25) is 0 Å². The van der Waals surface area contributed by atoms with Gasteiger partial charge < -0.3 is 10.4 Å². The monoisotopic (exact) mass is 227 g/mol. The molecule has 1 saturated carbocycles. The second-order valence-electron chi connectivity index (χ2n) is 5.44. The highest BCUT2D eigenvalue weighted by Crippen LogP contribution is 2.29. The van der Waals surface area contributed by atoms with Gasteiger partial charge in [-0.3, -0.25) is 0 Å². The summed E-state index contributed by atoms with van der Waals surface area (Å²) in [5.41, 5.74) is 0.0691. The van der Waals surface area contributed by atoms with Crippen LogP contribution >= 0.6 is 0 Å². The second kappa shape index (κ2) is 7.29. The van der Waals surface area contributed by atoms with Gasteiger partial charge in [0.15, 0.2) is 0 Å². The Morgan fingerprint density at radius 3 is 2.44 bits per heavy atom. The van der Waals surface area contributed by atoms with Gasteiger partial charge >= 0.3 is 0 Å². The van der Waals surface area contributed by atoms with E-state index in [4.69, 9.17) is 0 Å². The van der Waals surface area contributed by atoms with Crippen molar-refractivity contribution in [2.24, 2.45) is 5.92 Å². The maximum atomic E-state index is 9.52. The van der Waals surface area contributed by atoms with Crippen LogP contribution < -0.4 is 5.32 Å². The summed E-state index contributed by atoms with van der Waals surface area (Å²) >= 11 is 0. The van der Waals surface area contributed by atoms with Gasteiger partial charge in [-0.1, -0.05) is 46.0 Å². The first kappa shape index (κ1) is 14.0. The van der Waals surface area contributed by atoms with Crippen molar-refractivity contribution in [3.8, 4) is 0 Å². The molecule has 0 heterocycles. The summed E-state index contributed by atoms with van der Waals surface area (Å²) in [7, 11) is 0. The summed E-state index contributed by atoms with van der Waals surface area (Å²) in [6.07, 6.45) is 10.1. The van der Waals surface area contributed by atoms with Gasteiger partial charge in [-0.15, -0.1) is 0 Å². The Balaban J connectivity index is 2.29. The van der Waals surface area contributed by atoms with Gasteiger partial charge in [-0.05, 0) is 31.7 Å². The fraction of sp³-hybridized carbons (Fsp3) is 1.00. The Kier molecular flexibility index (Phi) is 6.37. The second-order valence-corrected chi connectivity index (χ2v) is 5.44. The maximum absolute atomic E-state index is 9.52. The highest BCUT2D eigenvalue weighted by molar-refractivity contribution is 4.92. The van der Waals surface area contributed by atoms with Crippen molar-refractivity contribution < 1.29 is 5.11 Å². The van der Waals surface area contributed by atoms with E-state index < -0.39 is 0 Å². The summed E-state index contributed by atoms with van der Waals surface area (Å²) < 4.78 is 0. The molecule has 96 valence electrons. The zero-order chi connectivity index (χ0) is 11.9. The normalized spacial score (nSPS) is 21.2. The van der Waals surface area contributed by atoms with Crippen LogP contribution in [0.25, 0.3) is 0 Å². The molecule has 0 amide bonds. The minimum absolute atomic E-state index is 0.0691. The van der Waals surface area contributed by atoms with E-state index in [2.05, 4.69) is 19.2 Å². The smallest absolute Gasteiger partial charge is 0.0613 e. The Labute approximate surface area is 101 Å². The van der Waals surface area contributed by atoms with Gasteiger partial charge in [-0.2, -0.15) is 0 Å². The van der Waals surface area contributed by atoms with E-state index in [-0.39, 0.29) is 5.54 Å². The minimum atomic E-state index is 0.0691. The molecule has 0 radical (unpaired) electrons. The fourth-order valence-corrected chi connectivity index (χ4v) is 2.75. The highest BCUT2D eigenvalue weighted by Gasteiger charge is 2.32. The molecule has 1 fully saturated rings. The Morgan fingerprint density at radius 2 is 1.94 bits per heavy atom. The standard InChI is InChI=1S/C14H29NO/c1-3-5-8-13(4-2)11-15-14(12-16)9-6-7-10-14/h13,15-16H,3-12H2,1-2H3. The minimum Gasteiger partial charge on any atom is -0.394 e. The lowest BCUT2D eigenvalue weighted by Crippen LogP contribution is -2.47. The van der Waals surface area contributed by atoms with E-state index in [1.54, 1.807) is 0 Å². The molecular weight excluding hydrogens is 198 g/mol. The molecule has 2 heteroatoms. The van der Waals surface area contributed by atoms with Crippen molar-refractivity contribution in [1.29, 1.82) is 0 Å². The van der Waals surface area contributed by atoms with E-state index in [0.29, 0.717) is 6.61 Å². The summed E-state index contributed by atoms with van der Waals surface area (Å²) in [6.45, 7) is 5.95. The van der Waals surface area contributed by atoms with Crippen molar-refractivity contribution >= 4 is 0 Å².